The summed E-state index contributed by atoms with van der Waals surface area (Å²) in [6, 6.07) is 0.183. The van der Waals surface area contributed by atoms with Crippen molar-refractivity contribution in [3.8, 4) is 0 Å². The second kappa shape index (κ2) is 5.72. The number of rotatable bonds is 6. The minimum atomic E-state index is 0.183. The molecule has 1 unspecified atom stereocenters. The SMILES string of the molecule is CCCNC(Cc1nnn(C)n1)c1cnn(C)c1. The van der Waals surface area contributed by atoms with Gasteiger partial charge in [0.05, 0.1) is 13.2 Å². The van der Waals surface area contributed by atoms with Crippen LogP contribution in [-0.2, 0) is 20.5 Å². The van der Waals surface area contributed by atoms with Gasteiger partial charge in [0.15, 0.2) is 5.82 Å². The Morgan fingerprint density at radius 2 is 2.22 bits per heavy atom. The van der Waals surface area contributed by atoms with E-state index >= 15 is 0 Å². The standard InChI is InChI=1S/C11H19N7/c1-4-5-12-10(9-7-13-17(2)8-9)6-11-14-16-18(3)15-11/h7-8,10,12H,4-6H2,1-3H3. The molecule has 0 aromatic carbocycles. The van der Waals surface area contributed by atoms with E-state index in [4.69, 9.17) is 0 Å². The lowest BCUT2D eigenvalue weighted by Crippen LogP contribution is -2.24. The summed E-state index contributed by atoms with van der Waals surface area (Å²) in [5.74, 6) is 0.745. The first-order chi connectivity index (χ1) is 8.69. The zero-order valence-corrected chi connectivity index (χ0v) is 11.0. The fourth-order valence-corrected chi connectivity index (χ4v) is 1.83. The molecule has 2 rings (SSSR count). The van der Waals surface area contributed by atoms with Gasteiger partial charge in [0, 0.05) is 31.3 Å². The summed E-state index contributed by atoms with van der Waals surface area (Å²) >= 11 is 0. The lowest BCUT2D eigenvalue weighted by molar-refractivity contribution is 0.516. The molecule has 1 N–H and O–H groups in total. The lowest BCUT2D eigenvalue weighted by atomic mass is 10.1. The van der Waals surface area contributed by atoms with Crippen LogP contribution in [0.2, 0.25) is 0 Å². The molecule has 0 saturated carbocycles. The quantitative estimate of drug-likeness (QED) is 0.793. The topological polar surface area (TPSA) is 73.5 Å². The Hall–Kier alpha value is -1.76. The van der Waals surface area contributed by atoms with Gasteiger partial charge in [-0.05, 0) is 18.2 Å². The van der Waals surface area contributed by atoms with Crippen LogP contribution < -0.4 is 5.32 Å². The number of aryl methyl sites for hydroxylation is 2. The fraction of sp³-hybridized carbons (Fsp3) is 0.636. The van der Waals surface area contributed by atoms with Crippen molar-refractivity contribution in [1.29, 1.82) is 0 Å². The first-order valence-corrected chi connectivity index (χ1v) is 6.14. The summed E-state index contributed by atoms with van der Waals surface area (Å²) in [5.41, 5.74) is 1.15. The Labute approximate surface area is 106 Å². The Kier molecular flexibility index (Phi) is 4.03. The molecule has 2 aromatic heterocycles. The van der Waals surface area contributed by atoms with Crippen LogP contribution >= 0.6 is 0 Å². The van der Waals surface area contributed by atoms with E-state index in [1.54, 1.807) is 11.7 Å². The minimum absolute atomic E-state index is 0.183. The third-order valence-electron chi connectivity index (χ3n) is 2.70. The average molecular weight is 249 g/mol. The molecule has 0 spiro atoms. The molecule has 0 saturated heterocycles. The van der Waals surface area contributed by atoms with E-state index in [2.05, 4.69) is 32.7 Å². The summed E-state index contributed by atoms with van der Waals surface area (Å²) < 4.78 is 1.81. The first kappa shape index (κ1) is 12.7. The lowest BCUT2D eigenvalue weighted by Gasteiger charge is -2.14. The second-order valence-electron chi connectivity index (χ2n) is 4.35. The van der Waals surface area contributed by atoms with Crippen LogP contribution in [0.4, 0.5) is 0 Å². The molecule has 7 nitrogen and oxygen atoms in total. The van der Waals surface area contributed by atoms with Crippen molar-refractivity contribution >= 4 is 0 Å². The Morgan fingerprint density at radius 1 is 1.39 bits per heavy atom. The predicted molar refractivity (Wildman–Crippen MR) is 66.7 cm³/mol. The number of nitrogens with one attached hydrogen (secondary N) is 1. The average Bonchev–Trinajstić information content (AvgIpc) is 2.93. The van der Waals surface area contributed by atoms with Crippen molar-refractivity contribution in [2.45, 2.75) is 25.8 Å². The number of hydrogen-bond donors (Lipinski definition) is 1. The van der Waals surface area contributed by atoms with Crippen LogP contribution in [0.25, 0.3) is 0 Å². The smallest absolute Gasteiger partial charge is 0.176 e. The minimum Gasteiger partial charge on any atom is -0.309 e. The highest BCUT2D eigenvalue weighted by atomic mass is 15.6. The van der Waals surface area contributed by atoms with Crippen molar-refractivity contribution in [3.05, 3.63) is 23.8 Å². The second-order valence-corrected chi connectivity index (χ2v) is 4.35. The highest BCUT2D eigenvalue weighted by Crippen LogP contribution is 2.15. The third-order valence-corrected chi connectivity index (χ3v) is 2.70. The summed E-state index contributed by atoms with van der Waals surface area (Å²) in [4.78, 5) is 1.48. The largest absolute Gasteiger partial charge is 0.309 e. The maximum Gasteiger partial charge on any atom is 0.176 e. The number of nitrogens with zero attached hydrogens (tertiary/aromatic N) is 6. The molecule has 2 aromatic rings. The van der Waals surface area contributed by atoms with Crippen molar-refractivity contribution in [2.75, 3.05) is 6.54 Å². The van der Waals surface area contributed by atoms with Gasteiger partial charge in [0.2, 0.25) is 0 Å². The molecule has 2 heterocycles. The normalized spacial score (nSPS) is 12.8. The number of hydrogen-bond acceptors (Lipinski definition) is 5. The van der Waals surface area contributed by atoms with Gasteiger partial charge >= 0.3 is 0 Å². The van der Waals surface area contributed by atoms with Crippen LogP contribution in [0.15, 0.2) is 12.4 Å². The number of aromatic nitrogens is 6. The van der Waals surface area contributed by atoms with Crippen LogP contribution in [0, 0.1) is 0 Å². The monoisotopic (exact) mass is 249 g/mol. The Bertz CT molecular complexity index is 487. The molecule has 7 heteroatoms. The highest BCUT2D eigenvalue weighted by molar-refractivity contribution is 5.12. The van der Waals surface area contributed by atoms with E-state index in [9.17, 15) is 0 Å². The van der Waals surface area contributed by atoms with E-state index in [0.29, 0.717) is 0 Å². The molecular formula is C11H19N7. The summed E-state index contributed by atoms with van der Waals surface area (Å²) in [5, 5.41) is 19.8. The molecule has 0 bridgehead atoms. The third kappa shape index (κ3) is 3.13. The Balaban J connectivity index is 2.09. The zero-order chi connectivity index (χ0) is 13.0. The van der Waals surface area contributed by atoms with E-state index in [-0.39, 0.29) is 6.04 Å². The molecule has 0 aliphatic rings. The summed E-state index contributed by atoms with van der Waals surface area (Å²) in [7, 11) is 3.69. The van der Waals surface area contributed by atoms with E-state index in [1.165, 1.54) is 4.80 Å². The van der Waals surface area contributed by atoms with Crippen molar-refractivity contribution in [3.63, 3.8) is 0 Å². The zero-order valence-electron chi connectivity index (χ0n) is 11.0. The summed E-state index contributed by atoms with van der Waals surface area (Å²) in [6.07, 6.45) is 5.71. The number of tetrazole rings is 1. The molecule has 0 aliphatic heterocycles. The van der Waals surface area contributed by atoms with Crippen molar-refractivity contribution in [1.82, 2.24) is 35.3 Å². The van der Waals surface area contributed by atoms with Crippen LogP contribution in [0.5, 0.6) is 0 Å². The molecule has 98 valence electrons. The van der Waals surface area contributed by atoms with Crippen molar-refractivity contribution < 1.29 is 0 Å². The van der Waals surface area contributed by atoms with Gasteiger partial charge in [-0.25, -0.2) is 0 Å². The van der Waals surface area contributed by atoms with Crippen LogP contribution in [0.3, 0.4) is 0 Å². The van der Waals surface area contributed by atoms with E-state index < -0.39 is 0 Å². The van der Waals surface area contributed by atoms with Gasteiger partial charge in [-0.2, -0.15) is 9.90 Å². The molecule has 18 heavy (non-hydrogen) atoms. The van der Waals surface area contributed by atoms with Gasteiger partial charge in [-0.1, -0.05) is 6.92 Å². The molecule has 0 radical (unpaired) electrons. The molecule has 0 amide bonds. The van der Waals surface area contributed by atoms with Gasteiger partial charge in [0.25, 0.3) is 0 Å². The van der Waals surface area contributed by atoms with E-state index in [0.717, 1.165) is 30.8 Å². The summed E-state index contributed by atoms with van der Waals surface area (Å²) in [6.45, 7) is 3.10. The van der Waals surface area contributed by atoms with Gasteiger partial charge in [0.1, 0.15) is 0 Å². The first-order valence-electron chi connectivity index (χ1n) is 6.14. The molecule has 0 fully saturated rings. The maximum atomic E-state index is 4.22. The molecule has 1 atom stereocenters. The molecule has 0 aliphatic carbocycles. The van der Waals surface area contributed by atoms with E-state index in [1.807, 2.05) is 19.4 Å². The van der Waals surface area contributed by atoms with Gasteiger partial charge in [-0.15, -0.1) is 10.2 Å². The van der Waals surface area contributed by atoms with Gasteiger partial charge in [-0.3, -0.25) is 4.68 Å². The molecular weight excluding hydrogens is 230 g/mol. The predicted octanol–water partition coefficient (Wildman–Crippen LogP) is 0.227. The van der Waals surface area contributed by atoms with Crippen LogP contribution in [-0.4, -0.2) is 36.5 Å². The van der Waals surface area contributed by atoms with Crippen molar-refractivity contribution in [2.24, 2.45) is 14.1 Å². The highest BCUT2D eigenvalue weighted by Gasteiger charge is 2.15. The van der Waals surface area contributed by atoms with Gasteiger partial charge < -0.3 is 5.32 Å². The van der Waals surface area contributed by atoms with Crippen LogP contribution in [0.1, 0.15) is 30.8 Å². The fourth-order valence-electron chi connectivity index (χ4n) is 1.83. The maximum absolute atomic E-state index is 4.22. The Morgan fingerprint density at radius 3 is 2.78 bits per heavy atom.